The van der Waals surface area contributed by atoms with E-state index >= 15 is 0 Å². The van der Waals surface area contributed by atoms with Crippen LogP contribution in [0, 0.1) is 12.7 Å². The predicted octanol–water partition coefficient (Wildman–Crippen LogP) is 1.72. The average Bonchev–Trinajstić information content (AvgIpc) is 2.73. The Morgan fingerprint density at radius 2 is 2.15 bits per heavy atom. The summed E-state index contributed by atoms with van der Waals surface area (Å²) in [6, 6.07) is 6.47. The molecular formula is C14H15FN2O2S. The number of carbonyl (C=O) groups excluding carboxylic acids is 1. The van der Waals surface area contributed by atoms with Gasteiger partial charge in [-0.25, -0.2) is 4.39 Å². The molecule has 0 bridgehead atoms. The van der Waals surface area contributed by atoms with Gasteiger partial charge in [0.15, 0.2) is 0 Å². The molecule has 0 spiro atoms. The third-order valence-electron chi connectivity index (χ3n) is 2.95. The first-order chi connectivity index (χ1) is 9.58. The molecule has 0 unspecified atom stereocenters. The van der Waals surface area contributed by atoms with Crippen molar-refractivity contribution in [2.75, 3.05) is 6.54 Å². The Morgan fingerprint density at radius 3 is 2.80 bits per heavy atom. The standard InChI is InChI=1S/C14H15FN2O2S/c1-10-9-20-14(19)17(10)8-13(18)16-7-6-11-4-2-3-5-12(11)15/h2-5,9H,6-8H2,1H3,(H,16,18). The minimum Gasteiger partial charge on any atom is -0.354 e. The second kappa shape index (κ2) is 6.47. The number of rotatable bonds is 5. The fourth-order valence-corrected chi connectivity index (χ4v) is 2.57. The molecule has 0 aliphatic heterocycles. The van der Waals surface area contributed by atoms with E-state index < -0.39 is 0 Å². The van der Waals surface area contributed by atoms with Crippen LogP contribution in [0.4, 0.5) is 4.39 Å². The lowest BCUT2D eigenvalue weighted by Crippen LogP contribution is -2.32. The Morgan fingerprint density at radius 1 is 1.40 bits per heavy atom. The van der Waals surface area contributed by atoms with E-state index in [1.807, 2.05) is 0 Å². The molecule has 0 aliphatic rings. The van der Waals surface area contributed by atoms with Crippen LogP contribution in [0.5, 0.6) is 0 Å². The van der Waals surface area contributed by atoms with E-state index in [4.69, 9.17) is 0 Å². The zero-order chi connectivity index (χ0) is 14.5. The van der Waals surface area contributed by atoms with Gasteiger partial charge < -0.3 is 5.32 Å². The van der Waals surface area contributed by atoms with Gasteiger partial charge >= 0.3 is 4.87 Å². The van der Waals surface area contributed by atoms with Crippen LogP contribution in [-0.2, 0) is 17.8 Å². The second-order valence-corrected chi connectivity index (χ2v) is 5.24. The van der Waals surface area contributed by atoms with Crippen molar-refractivity contribution in [1.29, 1.82) is 0 Å². The fourth-order valence-electron chi connectivity index (χ4n) is 1.83. The van der Waals surface area contributed by atoms with Crippen LogP contribution in [0.3, 0.4) is 0 Å². The highest BCUT2D eigenvalue weighted by atomic mass is 32.1. The largest absolute Gasteiger partial charge is 0.354 e. The van der Waals surface area contributed by atoms with Crippen LogP contribution in [0.15, 0.2) is 34.4 Å². The van der Waals surface area contributed by atoms with E-state index in [0.717, 1.165) is 17.0 Å². The molecule has 0 saturated carbocycles. The second-order valence-electron chi connectivity index (χ2n) is 4.42. The molecule has 1 N–H and O–H groups in total. The van der Waals surface area contributed by atoms with Gasteiger partial charge in [0.1, 0.15) is 12.4 Å². The number of hydrogen-bond acceptors (Lipinski definition) is 3. The summed E-state index contributed by atoms with van der Waals surface area (Å²) < 4.78 is 14.8. The van der Waals surface area contributed by atoms with Gasteiger partial charge in [0.25, 0.3) is 0 Å². The van der Waals surface area contributed by atoms with Crippen molar-refractivity contribution in [3.8, 4) is 0 Å². The number of hydrogen-bond donors (Lipinski definition) is 1. The van der Waals surface area contributed by atoms with E-state index in [2.05, 4.69) is 5.32 Å². The number of nitrogens with zero attached hydrogens (tertiary/aromatic N) is 1. The summed E-state index contributed by atoms with van der Waals surface area (Å²) in [5.74, 6) is -0.517. The van der Waals surface area contributed by atoms with E-state index in [1.165, 1.54) is 10.6 Å². The first-order valence-electron chi connectivity index (χ1n) is 6.23. The van der Waals surface area contributed by atoms with E-state index in [1.54, 1.807) is 30.5 Å². The first-order valence-corrected chi connectivity index (χ1v) is 7.11. The number of amides is 1. The Bertz CT molecular complexity index is 663. The van der Waals surface area contributed by atoms with Crippen molar-refractivity contribution in [2.24, 2.45) is 0 Å². The van der Waals surface area contributed by atoms with Crippen molar-refractivity contribution < 1.29 is 9.18 Å². The molecule has 1 aromatic heterocycles. The molecule has 106 valence electrons. The molecule has 1 amide bonds. The lowest BCUT2D eigenvalue weighted by molar-refractivity contribution is -0.121. The number of halogens is 1. The molecule has 0 fully saturated rings. The van der Waals surface area contributed by atoms with Crippen LogP contribution in [0.2, 0.25) is 0 Å². The Hall–Kier alpha value is -1.95. The zero-order valence-corrected chi connectivity index (χ0v) is 11.9. The number of nitrogens with one attached hydrogen (secondary N) is 1. The molecule has 0 saturated heterocycles. The predicted molar refractivity (Wildman–Crippen MR) is 76.4 cm³/mol. The quantitative estimate of drug-likeness (QED) is 0.913. The number of carbonyl (C=O) groups is 1. The number of benzene rings is 1. The Kier molecular flexibility index (Phi) is 4.68. The van der Waals surface area contributed by atoms with Crippen LogP contribution >= 0.6 is 11.3 Å². The molecule has 2 aromatic rings. The molecular weight excluding hydrogens is 279 g/mol. The minimum absolute atomic E-state index is 0.00540. The van der Waals surface area contributed by atoms with Crippen LogP contribution in [0.25, 0.3) is 0 Å². The van der Waals surface area contributed by atoms with Gasteiger partial charge in [0.2, 0.25) is 5.91 Å². The lowest BCUT2D eigenvalue weighted by Gasteiger charge is -2.07. The highest BCUT2D eigenvalue weighted by Crippen LogP contribution is 2.06. The molecule has 0 atom stereocenters. The summed E-state index contributed by atoms with van der Waals surface area (Å²) in [7, 11) is 0. The minimum atomic E-state index is -0.272. The smallest absolute Gasteiger partial charge is 0.307 e. The van der Waals surface area contributed by atoms with Crippen LogP contribution < -0.4 is 10.2 Å². The van der Waals surface area contributed by atoms with Gasteiger partial charge in [-0.05, 0) is 25.0 Å². The summed E-state index contributed by atoms with van der Waals surface area (Å²) in [6.45, 7) is 2.13. The van der Waals surface area contributed by atoms with E-state index in [0.29, 0.717) is 18.5 Å². The molecule has 4 nitrogen and oxygen atoms in total. The average molecular weight is 294 g/mol. The number of thiazole rings is 1. The fraction of sp³-hybridized carbons (Fsp3) is 0.286. The van der Waals surface area contributed by atoms with Crippen molar-refractivity contribution in [3.05, 3.63) is 56.4 Å². The summed E-state index contributed by atoms with van der Waals surface area (Å²) in [5, 5.41) is 4.41. The van der Waals surface area contributed by atoms with Crippen LogP contribution in [0.1, 0.15) is 11.3 Å². The zero-order valence-electron chi connectivity index (χ0n) is 11.1. The van der Waals surface area contributed by atoms with Crippen molar-refractivity contribution in [2.45, 2.75) is 19.9 Å². The normalized spacial score (nSPS) is 10.5. The molecule has 6 heteroatoms. The number of aryl methyl sites for hydroxylation is 1. The molecule has 1 heterocycles. The topological polar surface area (TPSA) is 51.1 Å². The molecule has 20 heavy (non-hydrogen) atoms. The molecule has 0 radical (unpaired) electrons. The van der Waals surface area contributed by atoms with Gasteiger partial charge in [-0.3, -0.25) is 14.2 Å². The molecule has 2 rings (SSSR count). The lowest BCUT2D eigenvalue weighted by atomic mass is 10.1. The van der Waals surface area contributed by atoms with Gasteiger partial charge in [-0.1, -0.05) is 29.5 Å². The maximum absolute atomic E-state index is 13.4. The summed E-state index contributed by atoms with van der Waals surface area (Å²) in [4.78, 5) is 23.1. The molecule has 1 aromatic carbocycles. The third-order valence-corrected chi connectivity index (χ3v) is 3.83. The Balaban J connectivity index is 1.85. The highest BCUT2D eigenvalue weighted by molar-refractivity contribution is 7.07. The SMILES string of the molecule is Cc1csc(=O)n1CC(=O)NCCc1ccccc1F. The maximum atomic E-state index is 13.4. The van der Waals surface area contributed by atoms with Gasteiger partial charge in [0.05, 0.1) is 0 Å². The number of aromatic nitrogens is 1. The van der Waals surface area contributed by atoms with Crippen molar-refractivity contribution in [1.82, 2.24) is 9.88 Å². The van der Waals surface area contributed by atoms with Gasteiger partial charge in [-0.15, -0.1) is 0 Å². The third kappa shape index (κ3) is 3.54. The van der Waals surface area contributed by atoms with E-state index in [-0.39, 0.29) is 23.1 Å². The first kappa shape index (κ1) is 14.5. The summed E-state index contributed by atoms with van der Waals surface area (Å²) in [5.41, 5.74) is 1.33. The summed E-state index contributed by atoms with van der Waals surface area (Å²) >= 11 is 1.07. The summed E-state index contributed by atoms with van der Waals surface area (Å²) in [6.07, 6.45) is 0.427. The monoisotopic (exact) mass is 294 g/mol. The Labute approximate surface area is 119 Å². The van der Waals surface area contributed by atoms with Crippen molar-refractivity contribution >= 4 is 17.2 Å². The maximum Gasteiger partial charge on any atom is 0.307 e. The van der Waals surface area contributed by atoms with Gasteiger partial charge in [-0.2, -0.15) is 0 Å². The highest BCUT2D eigenvalue weighted by Gasteiger charge is 2.08. The molecule has 0 aliphatic carbocycles. The van der Waals surface area contributed by atoms with Crippen LogP contribution in [-0.4, -0.2) is 17.0 Å². The van der Waals surface area contributed by atoms with Crippen molar-refractivity contribution in [3.63, 3.8) is 0 Å². The van der Waals surface area contributed by atoms with Gasteiger partial charge in [0, 0.05) is 17.6 Å². The van der Waals surface area contributed by atoms with E-state index in [9.17, 15) is 14.0 Å².